The first kappa shape index (κ1) is 16.5. The van der Waals surface area contributed by atoms with E-state index in [4.69, 9.17) is 28.7 Å². The average molecular weight is 396 g/mol. The lowest BCUT2D eigenvalue weighted by Gasteiger charge is -2.54. The van der Waals surface area contributed by atoms with Gasteiger partial charge in [-0.1, -0.05) is 11.6 Å². The summed E-state index contributed by atoms with van der Waals surface area (Å²) in [7, 11) is 3.47. The Bertz CT molecular complexity index is 988. The molecule has 5 saturated heterocycles. The van der Waals surface area contributed by atoms with Crippen LogP contribution in [0.2, 0.25) is 0 Å². The maximum absolute atomic E-state index is 6.43. The maximum Gasteiger partial charge on any atom is 0.231 e. The molecule has 0 radical (unpaired) electrons. The summed E-state index contributed by atoms with van der Waals surface area (Å²) in [4.78, 5) is 7.69. The van der Waals surface area contributed by atoms with Gasteiger partial charge in [-0.15, -0.1) is 0 Å². The van der Waals surface area contributed by atoms with Crippen LogP contribution in [0.25, 0.3) is 0 Å². The molecule has 29 heavy (non-hydrogen) atoms. The van der Waals surface area contributed by atoms with E-state index in [1.807, 2.05) is 6.07 Å². The molecular formula is C22H24N2O5. The second-order valence-electron chi connectivity index (χ2n) is 8.94. The van der Waals surface area contributed by atoms with Gasteiger partial charge in [-0.25, -0.2) is 4.99 Å². The van der Waals surface area contributed by atoms with Gasteiger partial charge in [0, 0.05) is 43.3 Å². The second-order valence-corrected chi connectivity index (χ2v) is 8.94. The van der Waals surface area contributed by atoms with Gasteiger partial charge in [0.15, 0.2) is 11.5 Å². The van der Waals surface area contributed by atoms with Gasteiger partial charge in [0.05, 0.1) is 31.4 Å². The van der Waals surface area contributed by atoms with E-state index in [-0.39, 0.29) is 12.2 Å². The Kier molecular flexibility index (Phi) is 3.11. The predicted molar refractivity (Wildman–Crippen MR) is 104 cm³/mol. The van der Waals surface area contributed by atoms with E-state index >= 15 is 0 Å². The molecule has 0 N–H and O–H groups in total. The van der Waals surface area contributed by atoms with E-state index < -0.39 is 0 Å². The predicted octanol–water partition coefficient (Wildman–Crippen LogP) is 2.40. The molecule has 0 amide bonds. The van der Waals surface area contributed by atoms with Crippen molar-refractivity contribution in [1.29, 1.82) is 0 Å². The number of hydrogen-bond donors (Lipinski definition) is 0. The average Bonchev–Trinajstić information content (AvgIpc) is 3.34. The van der Waals surface area contributed by atoms with Gasteiger partial charge in [-0.3, -0.25) is 4.90 Å². The minimum absolute atomic E-state index is 0.227. The van der Waals surface area contributed by atoms with Crippen LogP contribution in [-0.2, 0) is 14.9 Å². The summed E-state index contributed by atoms with van der Waals surface area (Å²) in [6, 6.07) is 2.90. The molecule has 0 saturated carbocycles. The number of aliphatic imine (C=N–C) groups is 1. The Morgan fingerprint density at radius 1 is 1.31 bits per heavy atom. The highest BCUT2D eigenvalue weighted by Crippen LogP contribution is 2.66. The fraction of sp³-hybridized carbons (Fsp3) is 0.591. The number of ether oxygens (including phenoxy) is 5. The Morgan fingerprint density at radius 2 is 2.24 bits per heavy atom. The first-order chi connectivity index (χ1) is 14.3. The molecular weight excluding hydrogens is 372 g/mol. The largest absolute Gasteiger partial charge is 0.492 e. The van der Waals surface area contributed by atoms with E-state index in [1.165, 1.54) is 5.57 Å². The molecule has 0 aliphatic carbocycles. The van der Waals surface area contributed by atoms with Crippen LogP contribution in [0, 0.1) is 11.8 Å². The number of rotatable bonds is 3. The van der Waals surface area contributed by atoms with E-state index in [0.717, 1.165) is 48.9 Å². The highest BCUT2D eigenvalue weighted by Gasteiger charge is 2.69. The minimum atomic E-state index is -0.247. The van der Waals surface area contributed by atoms with Crippen molar-refractivity contribution >= 4 is 11.6 Å². The standard InChI is InChI=1S/C22H24N2O5/c1-25-4-3-11-8-24-15-7-22-17(24)5-12(11)13(15)9-27-21(22)23-14-6-16-19(29-10-28-16)20(26-2)18(14)22/h3,6,12-13,15,17H,4-5,7-10H2,1-2H3/b11-3+/t12-,13?,15-,17-,22+/m0/s1. The van der Waals surface area contributed by atoms with Crippen LogP contribution in [-0.4, -0.2) is 63.7 Å². The van der Waals surface area contributed by atoms with Gasteiger partial charge in [-0.2, -0.15) is 0 Å². The van der Waals surface area contributed by atoms with Gasteiger partial charge in [0.1, 0.15) is 0 Å². The van der Waals surface area contributed by atoms with Crippen LogP contribution in [0.1, 0.15) is 18.4 Å². The molecule has 2 unspecified atom stereocenters. The quantitative estimate of drug-likeness (QED) is 0.732. The lowest BCUT2D eigenvalue weighted by atomic mass is 9.68. The highest BCUT2D eigenvalue weighted by molar-refractivity contribution is 6.00. The number of piperidine rings is 3. The first-order valence-corrected chi connectivity index (χ1v) is 10.4. The lowest BCUT2D eigenvalue weighted by Crippen LogP contribution is -2.61. The summed E-state index contributed by atoms with van der Waals surface area (Å²) < 4.78 is 29.1. The summed E-state index contributed by atoms with van der Waals surface area (Å²) >= 11 is 0. The van der Waals surface area contributed by atoms with Crippen molar-refractivity contribution in [3.63, 3.8) is 0 Å². The van der Waals surface area contributed by atoms with Crippen LogP contribution in [0.5, 0.6) is 17.2 Å². The molecule has 1 spiro atoms. The molecule has 152 valence electrons. The molecule has 7 aliphatic heterocycles. The molecule has 7 heterocycles. The third-order valence-electron chi connectivity index (χ3n) is 8.03. The van der Waals surface area contributed by atoms with Crippen LogP contribution in [0.4, 0.5) is 5.69 Å². The van der Waals surface area contributed by atoms with Gasteiger partial charge < -0.3 is 23.7 Å². The topological polar surface area (TPSA) is 61.8 Å². The first-order valence-electron chi connectivity index (χ1n) is 10.4. The third-order valence-corrected chi connectivity index (χ3v) is 8.03. The zero-order valence-electron chi connectivity index (χ0n) is 16.6. The molecule has 7 aliphatic rings. The molecule has 7 heteroatoms. The minimum Gasteiger partial charge on any atom is -0.492 e. The molecule has 5 bridgehead atoms. The van der Waals surface area contributed by atoms with E-state index in [2.05, 4.69) is 11.0 Å². The van der Waals surface area contributed by atoms with Gasteiger partial charge in [-0.05, 0) is 18.8 Å². The van der Waals surface area contributed by atoms with E-state index in [1.54, 1.807) is 14.2 Å². The van der Waals surface area contributed by atoms with Crippen molar-refractivity contribution in [1.82, 2.24) is 4.90 Å². The van der Waals surface area contributed by atoms with Crippen LogP contribution in [0.15, 0.2) is 22.7 Å². The van der Waals surface area contributed by atoms with Crippen LogP contribution >= 0.6 is 0 Å². The van der Waals surface area contributed by atoms with E-state index in [9.17, 15) is 0 Å². The smallest absolute Gasteiger partial charge is 0.231 e. The summed E-state index contributed by atoms with van der Waals surface area (Å²) in [5, 5.41) is 0. The summed E-state index contributed by atoms with van der Waals surface area (Å²) in [5.41, 5.74) is 3.32. The molecule has 7 nitrogen and oxygen atoms in total. The SMILES string of the molecule is COC/C=C1\CN2[C@H]3C[C@@H]1C1COC4=Nc5cc6c(c(OC)c5[C@]43C[C@@H]12)OCO6. The monoisotopic (exact) mass is 396 g/mol. The number of benzene rings is 1. The van der Waals surface area contributed by atoms with Crippen molar-refractivity contribution in [3.8, 4) is 17.2 Å². The maximum atomic E-state index is 6.43. The molecule has 1 aromatic rings. The zero-order valence-corrected chi connectivity index (χ0v) is 16.6. The van der Waals surface area contributed by atoms with Crippen molar-refractivity contribution in [2.24, 2.45) is 16.8 Å². The van der Waals surface area contributed by atoms with Crippen LogP contribution in [0.3, 0.4) is 0 Å². The van der Waals surface area contributed by atoms with Gasteiger partial charge >= 0.3 is 0 Å². The molecule has 5 fully saturated rings. The third kappa shape index (κ3) is 1.80. The Labute approximate surface area is 169 Å². The van der Waals surface area contributed by atoms with Crippen LogP contribution < -0.4 is 14.2 Å². The van der Waals surface area contributed by atoms with Crippen molar-refractivity contribution in [3.05, 3.63) is 23.3 Å². The normalized spacial score (nSPS) is 40.6. The Hall–Kier alpha value is -2.25. The lowest BCUT2D eigenvalue weighted by molar-refractivity contribution is -0.0156. The van der Waals surface area contributed by atoms with Crippen molar-refractivity contribution in [2.45, 2.75) is 30.3 Å². The zero-order chi connectivity index (χ0) is 19.3. The number of fused-ring (bicyclic) bond motifs is 3. The molecule has 0 aromatic heterocycles. The Morgan fingerprint density at radius 3 is 3.10 bits per heavy atom. The fourth-order valence-corrected chi connectivity index (χ4v) is 6.99. The number of nitrogens with zero attached hydrogens (tertiary/aromatic N) is 2. The fourth-order valence-electron chi connectivity index (χ4n) is 6.99. The highest BCUT2D eigenvalue weighted by atomic mass is 16.7. The number of methoxy groups -OCH3 is 2. The van der Waals surface area contributed by atoms with Crippen molar-refractivity contribution in [2.75, 3.05) is 40.8 Å². The second kappa shape index (κ2) is 5.46. The van der Waals surface area contributed by atoms with Crippen molar-refractivity contribution < 1.29 is 23.7 Å². The summed E-state index contributed by atoms with van der Waals surface area (Å²) in [6.07, 6.45) is 4.46. The molecule has 6 atom stereocenters. The summed E-state index contributed by atoms with van der Waals surface area (Å²) in [6.45, 7) is 2.66. The van der Waals surface area contributed by atoms with Gasteiger partial charge in [0.25, 0.3) is 0 Å². The van der Waals surface area contributed by atoms with E-state index in [0.29, 0.717) is 42.0 Å². The molecule has 8 rings (SSSR count). The summed E-state index contributed by atoms with van der Waals surface area (Å²) in [5.74, 6) is 4.14. The Balaban J connectivity index is 1.41. The van der Waals surface area contributed by atoms with Gasteiger partial charge in [0.2, 0.25) is 18.4 Å². The molecule has 1 aromatic carbocycles. The number of hydrogen-bond acceptors (Lipinski definition) is 7.